The molecule has 0 radical (unpaired) electrons. The molecule has 1 aromatic rings. The lowest BCUT2D eigenvalue weighted by molar-refractivity contribution is -0.155. The number of carboxylic acids is 1. The first-order valence-corrected chi connectivity index (χ1v) is 17.0. The van der Waals surface area contributed by atoms with E-state index < -0.39 is 29.3 Å². The average Bonchev–Trinajstić information content (AvgIpc) is 2.99. The van der Waals surface area contributed by atoms with Crippen LogP contribution in [-0.2, 0) is 40.0 Å². The zero-order chi connectivity index (χ0) is 39.5. The molecule has 13 nitrogen and oxygen atoms in total. The van der Waals surface area contributed by atoms with Crippen molar-refractivity contribution in [1.29, 1.82) is 0 Å². The second-order valence-electron chi connectivity index (χ2n) is 14.0. The summed E-state index contributed by atoms with van der Waals surface area (Å²) in [4.78, 5) is 57.0. The van der Waals surface area contributed by atoms with E-state index in [0.717, 1.165) is 19.0 Å². The third kappa shape index (κ3) is 29.4. The highest BCUT2D eigenvalue weighted by Crippen LogP contribution is 2.11. The van der Waals surface area contributed by atoms with Crippen molar-refractivity contribution in [3.63, 3.8) is 0 Å². The molecule has 1 amide bonds. The van der Waals surface area contributed by atoms with Crippen molar-refractivity contribution in [3.8, 4) is 0 Å². The maximum atomic E-state index is 11.7. The van der Waals surface area contributed by atoms with Gasteiger partial charge in [-0.3, -0.25) is 19.3 Å². The zero-order valence-corrected chi connectivity index (χ0v) is 32.8. The monoisotopic (exact) mass is 713 g/mol. The van der Waals surface area contributed by atoms with Gasteiger partial charge in [0.1, 0.15) is 36.2 Å². The van der Waals surface area contributed by atoms with E-state index in [2.05, 4.69) is 10.6 Å². The Kier molecular flexibility index (Phi) is 28.6. The van der Waals surface area contributed by atoms with Crippen molar-refractivity contribution < 1.29 is 48.4 Å². The number of esters is 2. The number of ether oxygens (including phenoxy) is 3. The van der Waals surface area contributed by atoms with Crippen LogP contribution in [0.5, 0.6) is 0 Å². The molecule has 0 heterocycles. The Hall–Kier alpha value is -3.55. The van der Waals surface area contributed by atoms with Crippen LogP contribution < -0.4 is 10.6 Å². The van der Waals surface area contributed by atoms with Gasteiger partial charge in [-0.2, -0.15) is 0 Å². The fraction of sp³-hybridized carbons (Fsp3) is 0.703. The Morgan fingerprint density at radius 3 is 1.84 bits per heavy atom. The van der Waals surface area contributed by atoms with Crippen LogP contribution in [0.25, 0.3) is 0 Å². The summed E-state index contributed by atoms with van der Waals surface area (Å²) in [7, 11) is 4.56. The summed E-state index contributed by atoms with van der Waals surface area (Å²) in [5.41, 5.74) is 0.0833. The van der Waals surface area contributed by atoms with Crippen LogP contribution in [-0.4, -0.2) is 103 Å². The number of carbonyl (C=O) groups is 5. The number of aldehydes is 1. The van der Waals surface area contributed by atoms with Gasteiger partial charge in [0, 0.05) is 33.0 Å². The molecule has 0 saturated carbocycles. The molecule has 4 N–H and O–H groups in total. The van der Waals surface area contributed by atoms with E-state index in [4.69, 9.17) is 24.4 Å². The van der Waals surface area contributed by atoms with Crippen molar-refractivity contribution in [2.24, 2.45) is 11.8 Å². The van der Waals surface area contributed by atoms with Gasteiger partial charge < -0.3 is 39.9 Å². The van der Waals surface area contributed by atoms with Crippen LogP contribution in [0.2, 0.25) is 0 Å². The highest BCUT2D eigenvalue weighted by molar-refractivity contribution is 5.76. The fourth-order valence-corrected chi connectivity index (χ4v) is 4.22. The molecule has 0 aliphatic heterocycles. The summed E-state index contributed by atoms with van der Waals surface area (Å²) in [6.07, 6.45) is 2.38. The summed E-state index contributed by atoms with van der Waals surface area (Å²) in [6, 6.07) is 8.95. The number of unbranched alkanes of at least 4 members (excludes halogenated alkanes) is 1. The van der Waals surface area contributed by atoms with E-state index >= 15 is 0 Å². The zero-order valence-electron chi connectivity index (χ0n) is 32.8. The van der Waals surface area contributed by atoms with Crippen molar-refractivity contribution in [2.75, 3.05) is 34.3 Å². The number of likely N-dealkylation sites (N-methyl/N-ethyl adjacent to an activating group) is 2. The largest absolute Gasteiger partial charge is 0.480 e. The number of aliphatic hydroxyl groups excluding tert-OH is 1. The van der Waals surface area contributed by atoms with Crippen molar-refractivity contribution in [3.05, 3.63) is 35.9 Å². The number of hydrogen-bond acceptors (Lipinski definition) is 11. The highest BCUT2D eigenvalue weighted by atomic mass is 16.6. The van der Waals surface area contributed by atoms with E-state index in [-0.39, 0.29) is 29.8 Å². The Bertz CT molecular complexity index is 1070. The van der Waals surface area contributed by atoms with Gasteiger partial charge in [-0.1, -0.05) is 58.0 Å². The number of nitrogens with zero attached hydrogens (tertiary/aromatic N) is 1. The van der Waals surface area contributed by atoms with Crippen molar-refractivity contribution in [2.45, 2.75) is 125 Å². The second-order valence-corrected chi connectivity index (χ2v) is 14.0. The third-order valence-corrected chi connectivity index (χ3v) is 6.29. The standard InChI is InChI=1S/C14H28N2O4.C13H19NO2.C9H16O3.CH4O/c1-10(2)11(12(17)18)16(6)9-7-8-15-13(19)20-14(3,4)5;1-10(2)12(14-3)13(15)16-9-11-7-5-4-6-8-11;1-9(2,3)12-8(11)6-4-5-7-10;1-2/h10-11H,7-9H2,1-6H3,(H,15,19)(H,17,18);4-8,10,12,14H,9H2,1-3H3;7H,4-6H2,1-3H3;2H,1H3/t11-;12-;;/m00../s1. The SMILES string of the molecule is CC(C)(C)OC(=O)CCCC=O.CC(C)[C@@H](C(=O)O)N(C)CCCNC(=O)OC(C)(C)C.CN[C@H](C(=O)OCc1ccccc1)C(C)C.CO. The number of nitrogens with one attached hydrogen (secondary N) is 2. The van der Waals surface area contributed by atoms with E-state index in [1.165, 1.54) is 0 Å². The van der Waals surface area contributed by atoms with Gasteiger partial charge in [-0.15, -0.1) is 0 Å². The number of benzene rings is 1. The smallest absolute Gasteiger partial charge is 0.407 e. The molecule has 50 heavy (non-hydrogen) atoms. The van der Waals surface area contributed by atoms with Gasteiger partial charge in [-0.05, 0) is 85.9 Å². The van der Waals surface area contributed by atoms with Crippen LogP contribution in [0.1, 0.15) is 100 Å². The molecule has 13 heteroatoms. The Morgan fingerprint density at radius 1 is 0.880 bits per heavy atom. The van der Waals surface area contributed by atoms with Crippen molar-refractivity contribution in [1.82, 2.24) is 15.5 Å². The van der Waals surface area contributed by atoms with E-state index in [1.807, 2.05) is 78.8 Å². The first-order chi connectivity index (χ1) is 23.1. The van der Waals surface area contributed by atoms with E-state index in [0.29, 0.717) is 45.4 Å². The van der Waals surface area contributed by atoms with Gasteiger partial charge in [-0.25, -0.2) is 4.79 Å². The molecule has 1 rings (SSSR count). The summed E-state index contributed by atoms with van der Waals surface area (Å²) in [6.45, 7) is 20.0. The molecular weight excluding hydrogens is 646 g/mol. The number of aliphatic hydroxyl groups is 1. The molecule has 0 aliphatic rings. The summed E-state index contributed by atoms with van der Waals surface area (Å²) in [5, 5.41) is 21.8. The normalized spacial score (nSPS) is 12.1. The third-order valence-electron chi connectivity index (χ3n) is 6.29. The molecule has 0 spiro atoms. The minimum absolute atomic E-state index is 0.0383. The number of carboxylic acid groups (broad SMARTS) is 1. The molecular formula is C37H67N3O10. The predicted octanol–water partition coefficient (Wildman–Crippen LogP) is 5.22. The Labute approximate surface area is 300 Å². The lowest BCUT2D eigenvalue weighted by Gasteiger charge is -2.27. The van der Waals surface area contributed by atoms with Gasteiger partial charge in [0.15, 0.2) is 0 Å². The predicted molar refractivity (Wildman–Crippen MR) is 196 cm³/mol. The quantitative estimate of drug-likeness (QED) is 0.0760. The van der Waals surface area contributed by atoms with Crippen LogP contribution in [0.15, 0.2) is 30.3 Å². The number of aliphatic carboxylic acids is 1. The van der Waals surface area contributed by atoms with Crippen LogP contribution in [0.3, 0.4) is 0 Å². The van der Waals surface area contributed by atoms with Gasteiger partial charge in [0.25, 0.3) is 0 Å². The lowest BCUT2D eigenvalue weighted by atomic mass is 10.0. The molecule has 0 bridgehead atoms. The molecule has 0 unspecified atom stereocenters. The number of alkyl carbamates (subject to hydrolysis) is 1. The molecule has 2 atom stereocenters. The first kappa shape index (κ1) is 50.8. The summed E-state index contributed by atoms with van der Waals surface area (Å²) >= 11 is 0. The van der Waals surface area contributed by atoms with Gasteiger partial charge in [0.2, 0.25) is 0 Å². The number of carbonyl (C=O) groups excluding carboxylic acids is 4. The second kappa shape index (κ2) is 28.2. The van der Waals surface area contributed by atoms with Crippen LogP contribution >= 0.6 is 0 Å². The minimum Gasteiger partial charge on any atom is -0.480 e. The first-order valence-electron chi connectivity index (χ1n) is 17.0. The van der Waals surface area contributed by atoms with Crippen LogP contribution in [0.4, 0.5) is 4.79 Å². The number of rotatable bonds is 16. The maximum absolute atomic E-state index is 11.7. The molecule has 1 aromatic carbocycles. The average molecular weight is 714 g/mol. The maximum Gasteiger partial charge on any atom is 0.407 e. The molecule has 290 valence electrons. The van der Waals surface area contributed by atoms with E-state index in [1.54, 1.807) is 39.8 Å². The van der Waals surface area contributed by atoms with Crippen molar-refractivity contribution >= 4 is 30.3 Å². The summed E-state index contributed by atoms with van der Waals surface area (Å²) < 4.78 is 15.4. The minimum atomic E-state index is -0.817. The van der Waals surface area contributed by atoms with Crippen LogP contribution in [0, 0.1) is 11.8 Å². The lowest BCUT2D eigenvalue weighted by Crippen LogP contribution is -2.43. The van der Waals surface area contributed by atoms with E-state index in [9.17, 15) is 24.0 Å². The Morgan fingerprint density at radius 2 is 1.42 bits per heavy atom. The van der Waals surface area contributed by atoms with Gasteiger partial charge >= 0.3 is 24.0 Å². The topological polar surface area (TPSA) is 181 Å². The molecule has 0 saturated heterocycles. The summed E-state index contributed by atoms with van der Waals surface area (Å²) in [5.74, 6) is -0.974. The number of amides is 1. The number of hydrogen-bond donors (Lipinski definition) is 4. The molecule has 0 aliphatic carbocycles. The highest BCUT2D eigenvalue weighted by Gasteiger charge is 2.25. The molecule has 0 fully saturated rings. The fourth-order valence-electron chi connectivity index (χ4n) is 4.22. The molecule has 0 aromatic heterocycles. The Balaban J connectivity index is -0.000000665. The van der Waals surface area contributed by atoms with Gasteiger partial charge in [0.05, 0.1) is 0 Å².